The maximum absolute atomic E-state index is 12.0. The molecule has 2 aromatic carbocycles. The van der Waals surface area contributed by atoms with Crippen molar-refractivity contribution in [3.63, 3.8) is 0 Å². The van der Waals surface area contributed by atoms with Crippen molar-refractivity contribution in [3.05, 3.63) is 52.1 Å². The SMILES string of the molecule is Cc1cc(CC2SC(=O)NC2=O)c2c(c1Oc1ccc(O)c(C(C)C)c1)CCC2. The Bertz CT molecular complexity index is 999. The van der Waals surface area contributed by atoms with Crippen molar-refractivity contribution in [2.24, 2.45) is 0 Å². The molecule has 1 fully saturated rings. The number of hydrogen-bond donors (Lipinski definition) is 2. The molecular formula is C23H25NO4S. The molecule has 2 N–H and O–H groups in total. The fourth-order valence-corrected chi connectivity index (χ4v) is 5.08. The summed E-state index contributed by atoms with van der Waals surface area (Å²) in [6.07, 6.45) is 3.51. The van der Waals surface area contributed by atoms with Gasteiger partial charge in [-0.25, -0.2) is 0 Å². The minimum Gasteiger partial charge on any atom is -0.508 e. The van der Waals surface area contributed by atoms with E-state index in [1.54, 1.807) is 12.1 Å². The van der Waals surface area contributed by atoms with Gasteiger partial charge in [0.25, 0.3) is 5.24 Å². The van der Waals surface area contributed by atoms with Gasteiger partial charge < -0.3 is 9.84 Å². The molecule has 1 atom stereocenters. The minimum atomic E-state index is -0.357. The summed E-state index contributed by atoms with van der Waals surface area (Å²) in [6.45, 7) is 6.10. The molecule has 0 bridgehead atoms. The molecule has 1 aliphatic carbocycles. The molecule has 152 valence electrons. The molecule has 2 aromatic rings. The number of phenolic OH excluding ortho intramolecular Hbond substituents is 1. The summed E-state index contributed by atoms with van der Waals surface area (Å²) in [6, 6.07) is 7.47. The van der Waals surface area contributed by atoms with Crippen molar-refractivity contribution >= 4 is 22.9 Å². The Labute approximate surface area is 174 Å². The normalized spacial score (nSPS) is 18.3. The molecule has 1 aliphatic heterocycles. The lowest BCUT2D eigenvalue weighted by molar-refractivity contribution is -0.118. The highest BCUT2D eigenvalue weighted by molar-refractivity contribution is 8.15. The van der Waals surface area contributed by atoms with Crippen LogP contribution < -0.4 is 10.1 Å². The summed E-state index contributed by atoms with van der Waals surface area (Å²) in [4.78, 5) is 23.5. The highest BCUT2D eigenvalue weighted by atomic mass is 32.2. The summed E-state index contributed by atoms with van der Waals surface area (Å²) in [5, 5.41) is 11.8. The molecule has 5 nitrogen and oxygen atoms in total. The Morgan fingerprint density at radius 2 is 1.97 bits per heavy atom. The molecule has 1 unspecified atom stereocenters. The van der Waals surface area contributed by atoms with E-state index in [0.29, 0.717) is 12.2 Å². The number of rotatable bonds is 5. The molecule has 0 radical (unpaired) electrons. The van der Waals surface area contributed by atoms with E-state index >= 15 is 0 Å². The Balaban J connectivity index is 1.66. The van der Waals surface area contributed by atoms with Gasteiger partial charge in [0.1, 0.15) is 17.2 Å². The molecule has 0 spiro atoms. The smallest absolute Gasteiger partial charge is 0.286 e. The van der Waals surface area contributed by atoms with E-state index in [2.05, 4.69) is 11.4 Å². The second kappa shape index (κ2) is 7.75. The number of benzene rings is 2. The van der Waals surface area contributed by atoms with Gasteiger partial charge in [0, 0.05) is 5.56 Å². The predicted octanol–water partition coefficient (Wildman–Crippen LogP) is 5.00. The van der Waals surface area contributed by atoms with Crippen molar-refractivity contribution in [3.8, 4) is 17.2 Å². The Hall–Kier alpha value is -2.47. The van der Waals surface area contributed by atoms with E-state index < -0.39 is 0 Å². The third-order valence-corrected chi connectivity index (χ3v) is 6.62. The van der Waals surface area contributed by atoms with Gasteiger partial charge in [0.2, 0.25) is 5.91 Å². The molecule has 4 rings (SSSR count). The van der Waals surface area contributed by atoms with Crippen molar-refractivity contribution in [2.75, 3.05) is 0 Å². The van der Waals surface area contributed by atoms with Crippen LogP contribution in [-0.4, -0.2) is 21.5 Å². The van der Waals surface area contributed by atoms with Gasteiger partial charge in [0.15, 0.2) is 0 Å². The van der Waals surface area contributed by atoms with Crippen molar-refractivity contribution < 1.29 is 19.4 Å². The molecule has 1 heterocycles. The number of phenols is 1. The fraction of sp³-hybridized carbons (Fsp3) is 0.391. The number of carbonyl (C=O) groups is 2. The van der Waals surface area contributed by atoms with Gasteiger partial charge in [-0.2, -0.15) is 0 Å². The average molecular weight is 412 g/mol. The first-order chi connectivity index (χ1) is 13.8. The summed E-state index contributed by atoms with van der Waals surface area (Å²) in [5.74, 6) is 1.88. The lowest BCUT2D eigenvalue weighted by Crippen LogP contribution is -2.25. The number of amides is 2. The topological polar surface area (TPSA) is 75.6 Å². The van der Waals surface area contributed by atoms with Crippen molar-refractivity contribution in [1.82, 2.24) is 5.32 Å². The second-order valence-electron chi connectivity index (χ2n) is 8.06. The lowest BCUT2D eigenvalue weighted by Gasteiger charge is -2.19. The van der Waals surface area contributed by atoms with E-state index in [9.17, 15) is 14.7 Å². The zero-order chi connectivity index (χ0) is 20.7. The summed E-state index contributed by atoms with van der Waals surface area (Å²) in [5.41, 5.74) is 5.48. The van der Waals surface area contributed by atoms with Gasteiger partial charge in [-0.15, -0.1) is 0 Å². The van der Waals surface area contributed by atoms with E-state index in [0.717, 1.165) is 53.5 Å². The molecule has 2 aliphatic rings. The summed E-state index contributed by atoms with van der Waals surface area (Å²) >= 11 is 1.08. The molecule has 6 heteroatoms. The molecule has 0 aromatic heterocycles. The van der Waals surface area contributed by atoms with Crippen LogP contribution >= 0.6 is 11.8 Å². The number of aryl methyl sites for hydroxylation is 1. The predicted molar refractivity (Wildman–Crippen MR) is 114 cm³/mol. The van der Waals surface area contributed by atoms with Crippen LogP contribution in [0.5, 0.6) is 17.2 Å². The van der Waals surface area contributed by atoms with Crippen LogP contribution in [0.4, 0.5) is 4.79 Å². The van der Waals surface area contributed by atoms with Crippen LogP contribution in [0.3, 0.4) is 0 Å². The number of hydrogen-bond acceptors (Lipinski definition) is 5. The highest BCUT2D eigenvalue weighted by Gasteiger charge is 2.33. The molecule has 2 amide bonds. The number of ether oxygens (including phenoxy) is 1. The Morgan fingerprint density at radius 3 is 2.66 bits per heavy atom. The maximum Gasteiger partial charge on any atom is 0.286 e. The fourth-order valence-electron chi connectivity index (χ4n) is 4.23. The van der Waals surface area contributed by atoms with E-state index in [4.69, 9.17) is 4.74 Å². The second-order valence-corrected chi connectivity index (χ2v) is 9.23. The first-order valence-electron chi connectivity index (χ1n) is 10.00. The van der Waals surface area contributed by atoms with Gasteiger partial charge in [0.05, 0.1) is 5.25 Å². The van der Waals surface area contributed by atoms with E-state index in [1.807, 2.05) is 26.8 Å². The Kier molecular flexibility index (Phi) is 5.30. The molecule has 0 saturated carbocycles. The maximum atomic E-state index is 12.0. The number of carbonyl (C=O) groups excluding carboxylic acids is 2. The summed E-state index contributed by atoms with van der Waals surface area (Å²) in [7, 11) is 0. The number of nitrogens with one attached hydrogen (secondary N) is 1. The standard InChI is InChI=1S/C23H25NO4S/c1-12(2)18-11-15(7-8-19(18)25)28-21-13(3)9-14(16-5-4-6-17(16)21)10-20-22(26)24-23(27)29-20/h7-9,11-12,20,25H,4-6,10H2,1-3H3,(H,24,26,27). The van der Waals surface area contributed by atoms with Crippen LogP contribution in [0.1, 0.15) is 54.0 Å². The lowest BCUT2D eigenvalue weighted by atomic mass is 9.95. The highest BCUT2D eigenvalue weighted by Crippen LogP contribution is 2.41. The van der Waals surface area contributed by atoms with Gasteiger partial charge in [-0.05, 0) is 79.0 Å². The zero-order valence-corrected chi connectivity index (χ0v) is 17.7. The largest absolute Gasteiger partial charge is 0.508 e. The van der Waals surface area contributed by atoms with Crippen molar-refractivity contribution in [2.45, 2.75) is 57.6 Å². The Morgan fingerprint density at radius 1 is 1.21 bits per heavy atom. The van der Waals surface area contributed by atoms with Gasteiger partial charge >= 0.3 is 0 Å². The van der Waals surface area contributed by atoms with Crippen molar-refractivity contribution in [1.29, 1.82) is 0 Å². The third kappa shape index (κ3) is 3.86. The zero-order valence-electron chi connectivity index (χ0n) is 16.9. The van der Waals surface area contributed by atoms with Gasteiger partial charge in [-0.1, -0.05) is 31.7 Å². The minimum absolute atomic E-state index is 0.199. The van der Waals surface area contributed by atoms with Crippen LogP contribution in [0.2, 0.25) is 0 Å². The number of imide groups is 1. The molecule has 29 heavy (non-hydrogen) atoms. The van der Waals surface area contributed by atoms with Crippen LogP contribution in [0.25, 0.3) is 0 Å². The van der Waals surface area contributed by atoms with E-state index in [-0.39, 0.29) is 28.1 Å². The average Bonchev–Trinajstić information content (AvgIpc) is 3.26. The summed E-state index contributed by atoms with van der Waals surface area (Å²) < 4.78 is 6.31. The number of thioether (sulfide) groups is 1. The quantitative estimate of drug-likeness (QED) is 0.724. The monoisotopic (exact) mass is 411 g/mol. The third-order valence-electron chi connectivity index (χ3n) is 5.64. The number of aromatic hydroxyl groups is 1. The molecule has 1 saturated heterocycles. The van der Waals surface area contributed by atoms with Gasteiger partial charge in [-0.3, -0.25) is 14.9 Å². The first kappa shape index (κ1) is 19.8. The van der Waals surface area contributed by atoms with Crippen LogP contribution in [-0.2, 0) is 24.1 Å². The van der Waals surface area contributed by atoms with Crippen LogP contribution in [0.15, 0.2) is 24.3 Å². The first-order valence-corrected chi connectivity index (χ1v) is 10.9. The van der Waals surface area contributed by atoms with Crippen LogP contribution in [0, 0.1) is 6.92 Å². The number of fused-ring (bicyclic) bond motifs is 1. The molecular weight excluding hydrogens is 386 g/mol. The van der Waals surface area contributed by atoms with E-state index in [1.165, 1.54) is 11.1 Å².